The third-order valence-electron chi connectivity index (χ3n) is 3.82. The van der Waals surface area contributed by atoms with E-state index in [1.165, 1.54) is 11.1 Å². The second-order valence-electron chi connectivity index (χ2n) is 5.57. The number of aromatic nitrogens is 1. The summed E-state index contributed by atoms with van der Waals surface area (Å²) in [7, 11) is 1.80. The first-order valence-electron chi connectivity index (χ1n) is 8.29. The molecule has 1 aromatic heterocycles. The highest BCUT2D eigenvalue weighted by Gasteiger charge is 2.08. The molecule has 128 valence electrons. The van der Waals surface area contributed by atoms with Crippen LogP contribution in [-0.4, -0.2) is 42.7 Å². The van der Waals surface area contributed by atoms with Gasteiger partial charge in [0.05, 0.1) is 6.54 Å². The van der Waals surface area contributed by atoms with Gasteiger partial charge in [-0.3, -0.25) is 4.98 Å². The lowest BCUT2D eigenvalue weighted by atomic mass is 10.1. The molecule has 0 saturated carbocycles. The van der Waals surface area contributed by atoms with E-state index in [-0.39, 0.29) is 6.03 Å². The van der Waals surface area contributed by atoms with Gasteiger partial charge in [-0.2, -0.15) is 0 Å². The molecule has 0 aliphatic heterocycles. The number of pyridine rings is 1. The van der Waals surface area contributed by atoms with Crippen LogP contribution in [0.2, 0.25) is 0 Å². The largest absolute Gasteiger partial charge is 0.491 e. The van der Waals surface area contributed by atoms with Gasteiger partial charge in [-0.25, -0.2) is 4.79 Å². The quantitative estimate of drug-likeness (QED) is 0.759. The zero-order chi connectivity index (χ0) is 17.2. The van der Waals surface area contributed by atoms with Gasteiger partial charge >= 0.3 is 6.03 Å². The molecule has 0 bridgehead atoms. The molecule has 0 saturated heterocycles. The number of hydrogen-bond donors (Lipinski definition) is 1. The van der Waals surface area contributed by atoms with Gasteiger partial charge in [-0.05, 0) is 42.2 Å². The minimum Gasteiger partial charge on any atom is -0.491 e. The molecule has 5 heteroatoms. The highest BCUT2D eigenvalue weighted by Crippen LogP contribution is 2.17. The molecule has 0 atom stereocenters. The Hall–Kier alpha value is -2.56. The number of amides is 2. The van der Waals surface area contributed by atoms with Crippen molar-refractivity contribution >= 4 is 6.03 Å². The second-order valence-corrected chi connectivity index (χ2v) is 5.57. The Kier molecular flexibility index (Phi) is 7.08. The van der Waals surface area contributed by atoms with Crippen LogP contribution in [0.4, 0.5) is 4.79 Å². The van der Waals surface area contributed by atoms with Crippen LogP contribution in [0.1, 0.15) is 18.1 Å². The molecule has 2 rings (SSSR count). The van der Waals surface area contributed by atoms with E-state index in [4.69, 9.17) is 4.74 Å². The molecule has 0 fully saturated rings. The monoisotopic (exact) mass is 327 g/mol. The Labute approximate surface area is 143 Å². The lowest BCUT2D eigenvalue weighted by molar-refractivity contribution is 0.205. The van der Waals surface area contributed by atoms with Crippen molar-refractivity contribution in [3.05, 3.63) is 59.9 Å². The van der Waals surface area contributed by atoms with Gasteiger partial charge in [0.15, 0.2) is 0 Å². The van der Waals surface area contributed by atoms with Crippen molar-refractivity contribution in [1.29, 1.82) is 0 Å². The van der Waals surface area contributed by atoms with Gasteiger partial charge in [0.25, 0.3) is 0 Å². The van der Waals surface area contributed by atoms with Crippen LogP contribution in [0.25, 0.3) is 0 Å². The lowest BCUT2D eigenvalue weighted by Crippen LogP contribution is -2.40. The summed E-state index contributed by atoms with van der Waals surface area (Å²) in [5.74, 6) is 0.889. The fourth-order valence-electron chi connectivity index (χ4n) is 2.34. The highest BCUT2D eigenvalue weighted by molar-refractivity contribution is 5.73. The molecule has 0 radical (unpaired) electrons. The zero-order valence-electron chi connectivity index (χ0n) is 14.4. The molecule has 5 nitrogen and oxygen atoms in total. The van der Waals surface area contributed by atoms with E-state index in [1.807, 2.05) is 30.3 Å². The molecule has 24 heavy (non-hydrogen) atoms. The lowest BCUT2D eigenvalue weighted by Gasteiger charge is -2.18. The van der Waals surface area contributed by atoms with E-state index in [9.17, 15) is 4.79 Å². The predicted octanol–water partition coefficient (Wildman–Crippen LogP) is 2.91. The van der Waals surface area contributed by atoms with Crippen LogP contribution < -0.4 is 10.1 Å². The third kappa shape index (κ3) is 5.57. The van der Waals surface area contributed by atoms with Crippen molar-refractivity contribution in [3.8, 4) is 5.75 Å². The average Bonchev–Trinajstić information content (AvgIpc) is 2.64. The molecule has 0 spiro atoms. The molecule has 2 aromatic rings. The van der Waals surface area contributed by atoms with Gasteiger partial charge in [0.2, 0.25) is 0 Å². The molecule has 1 aromatic carbocycles. The maximum atomic E-state index is 12.0. The van der Waals surface area contributed by atoms with E-state index in [0.29, 0.717) is 19.7 Å². The number of nitrogens with one attached hydrogen (secondary N) is 1. The number of rotatable bonds is 8. The van der Waals surface area contributed by atoms with Crippen molar-refractivity contribution in [1.82, 2.24) is 15.2 Å². The minimum absolute atomic E-state index is 0.0866. The van der Waals surface area contributed by atoms with Gasteiger partial charge in [0, 0.05) is 26.0 Å². The number of para-hydroxylation sites is 1. The number of likely N-dealkylation sites (N-methyl/N-ethyl adjacent to an activating group) is 1. The van der Waals surface area contributed by atoms with E-state index in [1.54, 1.807) is 24.3 Å². The van der Waals surface area contributed by atoms with Gasteiger partial charge in [-0.1, -0.05) is 25.1 Å². The Morgan fingerprint density at radius 1 is 1.21 bits per heavy atom. The molecule has 1 N–H and O–H groups in total. The highest BCUT2D eigenvalue weighted by atomic mass is 16.5. The smallest absolute Gasteiger partial charge is 0.317 e. The van der Waals surface area contributed by atoms with E-state index >= 15 is 0 Å². The summed E-state index contributed by atoms with van der Waals surface area (Å²) in [6.07, 6.45) is 5.27. The van der Waals surface area contributed by atoms with Crippen LogP contribution in [0.15, 0.2) is 48.8 Å². The second kappa shape index (κ2) is 9.55. The Bertz CT molecular complexity index is 632. The summed E-state index contributed by atoms with van der Waals surface area (Å²) in [6.45, 7) is 3.70. The summed E-state index contributed by atoms with van der Waals surface area (Å²) < 4.78 is 5.75. The number of urea groups is 1. The minimum atomic E-state index is -0.0866. The summed E-state index contributed by atoms with van der Waals surface area (Å²) >= 11 is 0. The van der Waals surface area contributed by atoms with Gasteiger partial charge in [0.1, 0.15) is 12.4 Å². The first kappa shape index (κ1) is 17.8. The van der Waals surface area contributed by atoms with E-state index in [2.05, 4.69) is 23.3 Å². The van der Waals surface area contributed by atoms with Crippen LogP contribution in [0.3, 0.4) is 0 Å². The van der Waals surface area contributed by atoms with Crippen molar-refractivity contribution in [2.45, 2.75) is 19.8 Å². The zero-order valence-corrected chi connectivity index (χ0v) is 14.4. The maximum Gasteiger partial charge on any atom is 0.317 e. The normalized spacial score (nSPS) is 10.2. The number of carbonyl (C=O) groups is 1. The average molecular weight is 327 g/mol. The standard InChI is InChI=1S/C19H25N3O2/c1-3-17-6-4-5-7-18(17)24-15-13-21-19(23)22(2)14-10-16-8-11-20-12-9-16/h4-9,11-12H,3,10,13-15H2,1-2H3,(H,21,23). The first-order valence-corrected chi connectivity index (χ1v) is 8.29. The van der Waals surface area contributed by atoms with Crippen LogP contribution in [-0.2, 0) is 12.8 Å². The summed E-state index contributed by atoms with van der Waals surface area (Å²) in [5.41, 5.74) is 2.35. The van der Waals surface area contributed by atoms with Gasteiger partial charge in [-0.15, -0.1) is 0 Å². The molecule has 0 aliphatic rings. The fourth-order valence-corrected chi connectivity index (χ4v) is 2.34. The van der Waals surface area contributed by atoms with E-state index in [0.717, 1.165) is 18.6 Å². The summed E-state index contributed by atoms with van der Waals surface area (Å²) in [5, 5.41) is 2.88. The van der Waals surface area contributed by atoms with E-state index < -0.39 is 0 Å². The topological polar surface area (TPSA) is 54.5 Å². The van der Waals surface area contributed by atoms with Gasteiger partial charge < -0.3 is 15.0 Å². The van der Waals surface area contributed by atoms with Crippen molar-refractivity contribution in [3.63, 3.8) is 0 Å². The number of aryl methyl sites for hydroxylation is 1. The number of carbonyl (C=O) groups excluding carboxylic acids is 1. The SMILES string of the molecule is CCc1ccccc1OCCNC(=O)N(C)CCc1ccncc1. The number of nitrogens with zero attached hydrogens (tertiary/aromatic N) is 2. The Morgan fingerprint density at radius 3 is 2.71 bits per heavy atom. The molecule has 2 amide bonds. The van der Waals surface area contributed by atoms with Crippen molar-refractivity contribution in [2.75, 3.05) is 26.7 Å². The Morgan fingerprint density at radius 2 is 1.96 bits per heavy atom. The Balaban J connectivity index is 1.67. The predicted molar refractivity (Wildman–Crippen MR) is 95.3 cm³/mol. The molecular formula is C19H25N3O2. The van der Waals surface area contributed by atoms with Crippen LogP contribution in [0, 0.1) is 0 Å². The molecule has 1 heterocycles. The maximum absolute atomic E-state index is 12.0. The molecular weight excluding hydrogens is 302 g/mol. The first-order chi connectivity index (χ1) is 11.7. The number of ether oxygens (including phenoxy) is 1. The molecule has 0 unspecified atom stereocenters. The summed E-state index contributed by atoms with van der Waals surface area (Å²) in [4.78, 5) is 17.7. The van der Waals surface area contributed by atoms with Crippen LogP contribution >= 0.6 is 0 Å². The molecule has 0 aliphatic carbocycles. The third-order valence-corrected chi connectivity index (χ3v) is 3.82. The van der Waals surface area contributed by atoms with Crippen LogP contribution in [0.5, 0.6) is 5.75 Å². The van der Waals surface area contributed by atoms with Crippen molar-refractivity contribution < 1.29 is 9.53 Å². The van der Waals surface area contributed by atoms with Crippen molar-refractivity contribution in [2.24, 2.45) is 0 Å². The summed E-state index contributed by atoms with van der Waals surface area (Å²) in [6, 6.07) is 11.8. The number of benzene rings is 1. The fraction of sp³-hybridized carbons (Fsp3) is 0.368. The number of hydrogen-bond acceptors (Lipinski definition) is 3.